The number of nitrogens with zero attached hydrogens (tertiary/aromatic N) is 2. The highest BCUT2D eigenvalue weighted by atomic mass is 16.3. The van der Waals surface area contributed by atoms with Crippen LogP contribution in [0.1, 0.15) is 36.2 Å². The summed E-state index contributed by atoms with van der Waals surface area (Å²) in [4.78, 5) is 18.4. The van der Waals surface area contributed by atoms with Crippen molar-refractivity contribution in [1.82, 2.24) is 9.88 Å². The van der Waals surface area contributed by atoms with Crippen molar-refractivity contribution in [3.05, 3.63) is 24.0 Å². The van der Waals surface area contributed by atoms with Gasteiger partial charge in [0, 0.05) is 25.5 Å². The summed E-state index contributed by atoms with van der Waals surface area (Å²) in [5, 5.41) is 12.5. The Balaban J connectivity index is 2.20. The molecule has 1 fully saturated rings. The Morgan fingerprint density at radius 2 is 2.37 bits per heavy atom. The third-order valence-electron chi connectivity index (χ3n) is 3.62. The van der Waals surface area contributed by atoms with Gasteiger partial charge >= 0.3 is 0 Å². The van der Waals surface area contributed by atoms with E-state index < -0.39 is 0 Å². The number of aliphatic hydroxyl groups excluding tert-OH is 1. The van der Waals surface area contributed by atoms with E-state index >= 15 is 0 Å². The predicted octanol–water partition coefficient (Wildman–Crippen LogP) is 1.50. The lowest BCUT2D eigenvalue weighted by Gasteiger charge is -2.28. The molecule has 104 valence electrons. The molecule has 0 aromatic carbocycles. The molecule has 5 nitrogen and oxygen atoms in total. The number of rotatable bonds is 3. The number of likely N-dealkylation sites (tertiary alicyclic amines) is 1. The molecule has 19 heavy (non-hydrogen) atoms. The molecule has 0 radical (unpaired) electrons. The molecule has 1 aromatic heterocycles. The Morgan fingerprint density at radius 1 is 1.53 bits per heavy atom. The highest BCUT2D eigenvalue weighted by Gasteiger charge is 2.26. The van der Waals surface area contributed by atoms with Crippen LogP contribution in [0.5, 0.6) is 0 Å². The van der Waals surface area contributed by atoms with Crippen LogP contribution in [0.3, 0.4) is 0 Å². The summed E-state index contributed by atoms with van der Waals surface area (Å²) in [5.41, 5.74) is 1.31. The van der Waals surface area contributed by atoms with E-state index in [0.29, 0.717) is 12.2 Å². The van der Waals surface area contributed by atoms with E-state index in [1.165, 1.54) is 0 Å². The zero-order valence-corrected chi connectivity index (χ0v) is 11.3. The van der Waals surface area contributed by atoms with Gasteiger partial charge in [0.1, 0.15) is 5.69 Å². The van der Waals surface area contributed by atoms with Crippen molar-refractivity contribution < 1.29 is 9.90 Å². The van der Waals surface area contributed by atoms with Crippen LogP contribution in [-0.2, 0) is 0 Å². The summed E-state index contributed by atoms with van der Waals surface area (Å²) in [5.74, 6) is -0.0851. The van der Waals surface area contributed by atoms with Gasteiger partial charge in [-0.1, -0.05) is 12.8 Å². The standard InChI is InChI=1S/C14H21N3O2/c1-15-11-6-7-16-13(9-11)14(19)17-8-4-2-3-5-12(17)10-18/h6-7,9,12,18H,2-5,8,10H2,1H3,(H,15,16). The smallest absolute Gasteiger partial charge is 0.272 e. The number of aliphatic hydroxyl groups is 1. The van der Waals surface area contributed by atoms with Gasteiger partial charge in [-0.3, -0.25) is 9.78 Å². The van der Waals surface area contributed by atoms with E-state index in [9.17, 15) is 9.90 Å². The molecular formula is C14H21N3O2. The number of nitrogens with one attached hydrogen (secondary N) is 1. The SMILES string of the molecule is CNc1ccnc(C(=O)N2CCCCCC2CO)c1. The normalized spacial score (nSPS) is 19.9. The molecule has 0 spiro atoms. The topological polar surface area (TPSA) is 65.5 Å². The maximum atomic E-state index is 12.5. The highest BCUT2D eigenvalue weighted by molar-refractivity contribution is 5.93. The Labute approximate surface area is 113 Å². The van der Waals surface area contributed by atoms with Crippen LogP contribution < -0.4 is 5.32 Å². The quantitative estimate of drug-likeness (QED) is 0.867. The molecule has 2 N–H and O–H groups in total. The van der Waals surface area contributed by atoms with Crippen molar-refractivity contribution in [3.63, 3.8) is 0 Å². The number of hydrogen-bond acceptors (Lipinski definition) is 4. The first kappa shape index (κ1) is 13.8. The third-order valence-corrected chi connectivity index (χ3v) is 3.62. The Hall–Kier alpha value is -1.62. The average Bonchev–Trinajstić information content (AvgIpc) is 2.71. The van der Waals surface area contributed by atoms with Gasteiger partial charge in [0.05, 0.1) is 12.6 Å². The monoisotopic (exact) mass is 263 g/mol. The second-order valence-electron chi connectivity index (χ2n) is 4.86. The minimum Gasteiger partial charge on any atom is -0.394 e. The van der Waals surface area contributed by atoms with Gasteiger partial charge in [0.25, 0.3) is 5.91 Å². The molecule has 2 heterocycles. The van der Waals surface area contributed by atoms with E-state index in [2.05, 4.69) is 10.3 Å². The summed E-state index contributed by atoms with van der Waals surface area (Å²) < 4.78 is 0. The van der Waals surface area contributed by atoms with Crippen LogP contribution in [0.25, 0.3) is 0 Å². The van der Waals surface area contributed by atoms with Crippen LogP contribution in [0.2, 0.25) is 0 Å². The molecule has 1 saturated heterocycles. The van der Waals surface area contributed by atoms with E-state index in [1.807, 2.05) is 13.1 Å². The second-order valence-corrected chi connectivity index (χ2v) is 4.86. The van der Waals surface area contributed by atoms with Gasteiger partial charge in [-0.25, -0.2) is 0 Å². The first-order valence-electron chi connectivity index (χ1n) is 6.82. The fourth-order valence-electron chi connectivity index (χ4n) is 2.48. The number of carbonyl (C=O) groups excluding carboxylic acids is 1. The fraction of sp³-hybridized carbons (Fsp3) is 0.571. The molecule has 1 aromatic rings. The van der Waals surface area contributed by atoms with Crippen molar-refractivity contribution in [2.75, 3.05) is 25.5 Å². The van der Waals surface area contributed by atoms with E-state index in [1.54, 1.807) is 17.2 Å². The number of anilines is 1. The summed E-state index contributed by atoms with van der Waals surface area (Å²) in [7, 11) is 1.81. The van der Waals surface area contributed by atoms with Crippen LogP contribution in [0.15, 0.2) is 18.3 Å². The van der Waals surface area contributed by atoms with Gasteiger partial charge in [-0.05, 0) is 25.0 Å². The van der Waals surface area contributed by atoms with Crippen molar-refractivity contribution >= 4 is 11.6 Å². The first-order valence-corrected chi connectivity index (χ1v) is 6.82. The lowest BCUT2D eigenvalue weighted by Crippen LogP contribution is -2.42. The van der Waals surface area contributed by atoms with E-state index in [-0.39, 0.29) is 18.6 Å². The molecule has 1 unspecified atom stereocenters. The molecule has 5 heteroatoms. The summed E-state index contributed by atoms with van der Waals surface area (Å²) >= 11 is 0. The number of hydrogen-bond donors (Lipinski definition) is 2. The Bertz CT molecular complexity index is 436. The van der Waals surface area contributed by atoms with Crippen LogP contribution in [-0.4, -0.2) is 47.1 Å². The van der Waals surface area contributed by atoms with E-state index in [4.69, 9.17) is 0 Å². The minimum absolute atomic E-state index is 0.0253. The minimum atomic E-state index is -0.0851. The average molecular weight is 263 g/mol. The number of carbonyl (C=O) groups is 1. The van der Waals surface area contributed by atoms with Crippen molar-refractivity contribution in [3.8, 4) is 0 Å². The molecule has 0 aliphatic carbocycles. The van der Waals surface area contributed by atoms with Gasteiger partial charge < -0.3 is 15.3 Å². The Morgan fingerprint density at radius 3 is 3.11 bits per heavy atom. The fourth-order valence-corrected chi connectivity index (χ4v) is 2.48. The maximum absolute atomic E-state index is 12.5. The van der Waals surface area contributed by atoms with Crippen LogP contribution in [0, 0.1) is 0 Å². The molecular weight excluding hydrogens is 242 g/mol. The van der Waals surface area contributed by atoms with Crippen molar-refractivity contribution in [1.29, 1.82) is 0 Å². The third kappa shape index (κ3) is 3.23. The van der Waals surface area contributed by atoms with Gasteiger partial charge in [-0.15, -0.1) is 0 Å². The predicted molar refractivity (Wildman–Crippen MR) is 74.2 cm³/mol. The van der Waals surface area contributed by atoms with Crippen molar-refractivity contribution in [2.45, 2.75) is 31.7 Å². The van der Waals surface area contributed by atoms with Gasteiger partial charge in [0.15, 0.2) is 0 Å². The maximum Gasteiger partial charge on any atom is 0.272 e. The van der Waals surface area contributed by atoms with Gasteiger partial charge in [0.2, 0.25) is 0 Å². The molecule has 1 amide bonds. The second kappa shape index (κ2) is 6.52. The van der Waals surface area contributed by atoms with Crippen molar-refractivity contribution in [2.24, 2.45) is 0 Å². The van der Waals surface area contributed by atoms with Gasteiger partial charge in [-0.2, -0.15) is 0 Å². The number of pyridine rings is 1. The van der Waals surface area contributed by atoms with Crippen LogP contribution in [0.4, 0.5) is 5.69 Å². The molecule has 0 bridgehead atoms. The lowest BCUT2D eigenvalue weighted by molar-refractivity contribution is 0.0594. The zero-order chi connectivity index (χ0) is 13.7. The molecule has 1 aliphatic rings. The molecule has 1 atom stereocenters. The molecule has 2 rings (SSSR count). The number of aromatic nitrogens is 1. The lowest BCUT2D eigenvalue weighted by atomic mass is 10.1. The summed E-state index contributed by atoms with van der Waals surface area (Å²) in [6.45, 7) is 0.729. The molecule has 0 saturated carbocycles. The summed E-state index contributed by atoms with van der Waals surface area (Å²) in [6.07, 6.45) is 5.68. The number of amides is 1. The summed E-state index contributed by atoms with van der Waals surface area (Å²) in [6, 6.07) is 3.50. The molecule has 1 aliphatic heterocycles. The Kier molecular flexibility index (Phi) is 4.74. The first-order chi connectivity index (χ1) is 9.26. The van der Waals surface area contributed by atoms with E-state index in [0.717, 1.165) is 31.4 Å². The highest BCUT2D eigenvalue weighted by Crippen LogP contribution is 2.19. The largest absolute Gasteiger partial charge is 0.394 e. The zero-order valence-electron chi connectivity index (χ0n) is 11.3. The van der Waals surface area contributed by atoms with Crippen LogP contribution >= 0.6 is 0 Å².